The zero-order valence-electron chi connectivity index (χ0n) is 11.9. The van der Waals surface area contributed by atoms with Crippen molar-refractivity contribution in [1.29, 1.82) is 0 Å². The Balaban J connectivity index is 2.31. The lowest BCUT2D eigenvalue weighted by Gasteiger charge is -2.08. The lowest BCUT2D eigenvalue weighted by molar-refractivity contribution is 0.485. The van der Waals surface area contributed by atoms with Gasteiger partial charge < -0.3 is 4.18 Å². The molecule has 0 aliphatic rings. The van der Waals surface area contributed by atoms with E-state index in [1.807, 2.05) is 0 Å². The highest BCUT2D eigenvalue weighted by Gasteiger charge is 2.19. The monoisotopic (exact) mass is 378 g/mol. The molecule has 0 unspecified atom stereocenters. The maximum absolute atomic E-state index is 13.1. The van der Waals surface area contributed by atoms with Crippen LogP contribution in [0.2, 0.25) is 5.02 Å². The molecule has 0 radical (unpaired) electrons. The lowest BCUT2D eigenvalue weighted by Crippen LogP contribution is -2.10. The Bertz CT molecular complexity index is 922. The van der Waals surface area contributed by atoms with E-state index >= 15 is 0 Å². The van der Waals surface area contributed by atoms with Crippen LogP contribution in [-0.2, 0) is 20.0 Å². The third-order valence-electron chi connectivity index (χ3n) is 2.95. The van der Waals surface area contributed by atoms with Crippen molar-refractivity contribution >= 4 is 31.6 Å². The average Bonchev–Trinajstić information content (AvgIpc) is 2.51. The summed E-state index contributed by atoms with van der Waals surface area (Å²) in [6, 6.07) is 7.76. The molecule has 0 heterocycles. The van der Waals surface area contributed by atoms with Crippen molar-refractivity contribution in [1.82, 2.24) is 0 Å². The summed E-state index contributed by atoms with van der Waals surface area (Å²) in [4.78, 5) is -0.211. The number of benzene rings is 2. The molecule has 0 amide bonds. The molecular formula is C14H12ClFO5S2. The van der Waals surface area contributed by atoms with E-state index in [0.717, 1.165) is 30.3 Å². The molecule has 2 rings (SSSR count). The molecule has 2 aromatic rings. The van der Waals surface area contributed by atoms with Gasteiger partial charge in [-0.15, -0.1) is 0 Å². The van der Waals surface area contributed by atoms with E-state index in [1.54, 1.807) is 0 Å². The van der Waals surface area contributed by atoms with Crippen LogP contribution in [0.5, 0.6) is 5.75 Å². The fourth-order valence-corrected chi connectivity index (χ4v) is 3.66. The van der Waals surface area contributed by atoms with Crippen LogP contribution in [0.15, 0.2) is 52.3 Å². The van der Waals surface area contributed by atoms with Crippen molar-refractivity contribution in [2.45, 2.75) is 16.7 Å². The Morgan fingerprint density at radius 1 is 1.00 bits per heavy atom. The molecule has 0 saturated carbocycles. The molecule has 124 valence electrons. The summed E-state index contributed by atoms with van der Waals surface area (Å²) in [6.45, 7) is 1.49. The summed E-state index contributed by atoms with van der Waals surface area (Å²) >= 11 is 5.56. The highest BCUT2D eigenvalue weighted by molar-refractivity contribution is 7.91. The van der Waals surface area contributed by atoms with E-state index in [2.05, 4.69) is 0 Å². The fraction of sp³-hybridized carbons (Fsp3) is 0.143. The van der Waals surface area contributed by atoms with Gasteiger partial charge in [0.25, 0.3) is 0 Å². The van der Waals surface area contributed by atoms with Gasteiger partial charge in [0.2, 0.25) is 0 Å². The molecule has 0 spiro atoms. The van der Waals surface area contributed by atoms with Crippen molar-refractivity contribution in [2.24, 2.45) is 0 Å². The maximum atomic E-state index is 13.1. The second-order valence-corrected chi connectivity index (χ2v) is 8.72. The predicted octanol–water partition coefficient (Wildman–Crippen LogP) is 3.04. The van der Waals surface area contributed by atoms with Crippen LogP contribution < -0.4 is 4.18 Å². The van der Waals surface area contributed by atoms with E-state index < -0.39 is 25.8 Å². The fourth-order valence-electron chi connectivity index (χ4n) is 1.68. The molecule has 5 nitrogen and oxygen atoms in total. The highest BCUT2D eigenvalue weighted by atomic mass is 35.5. The minimum Gasteiger partial charge on any atom is -0.379 e. The summed E-state index contributed by atoms with van der Waals surface area (Å²) in [5.74, 6) is -0.948. The number of rotatable bonds is 5. The molecule has 0 saturated heterocycles. The van der Waals surface area contributed by atoms with Gasteiger partial charge in [-0.2, -0.15) is 8.42 Å². The molecule has 0 bridgehead atoms. The number of halogens is 2. The van der Waals surface area contributed by atoms with Gasteiger partial charge in [-0.05, 0) is 36.4 Å². The Hall–Kier alpha value is -1.64. The van der Waals surface area contributed by atoms with Gasteiger partial charge in [0.1, 0.15) is 16.5 Å². The third kappa shape index (κ3) is 4.01. The van der Waals surface area contributed by atoms with Crippen LogP contribution in [-0.4, -0.2) is 22.6 Å². The summed E-state index contributed by atoms with van der Waals surface area (Å²) in [6.07, 6.45) is 0. The van der Waals surface area contributed by atoms with Crippen LogP contribution in [0.3, 0.4) is 0 Å². The molecular weight excluding hydrogens is 367 g/mol. The third-order valence-corrected chi connectivity index (χ3v) is 6.25. The number of hydrogen-bond donors (Lipinski definition) is 0. The molecule has 2 aromatic carbocycles. The Morgan fingerprint density at radius 3 is 2.09 bits per heavy atom. The van der Waals surface area contributed by atoms with Gasteiger partial charge >= 0.3 is 10.1 Å². The Kier molecular flexibility index (Phi) is 4.98. The first-order valence-corrected chi connectivity index (χ1v) is 9.82. The molecule has 0 N–H and O–H groups in total. The topological polar surface area (TPSA) is 77.5 Å². The molecule has 9 heteroatoms. The van der Waals surface area contributed by atoms with E-state index in [-0.39, 0.29) is 26.3 Å². The van der Waals surface area contributed by atoms with E-state index in [4.69, 9.17) is 15.8 Å². The minimum atomic E-state index is -4.19. The van der Waals surface area contributed by atoms with Gasteiger partial charge in [-0.1, -0.05) is 18.5 Å². The molecule has 0 aromatic heterocycles. The van der Waals surface area contributed by atoms with Crippen LogP contribution >= 0.6 is 11.6 Å². The lowest BCUT2D eigenvalue weighted by atomic mass is 10.3. The summed E-state index contributed by atoms with van der Waals surface area (Å²) < 4.78 is 65.5. The Labute approximate surface area is 138 Å². The van der Waals surface area contributed by atoms with Gasteiger partial charge in [0.15, 0.2) is 9.84 Å². The molecule has 0 atom stereocenters. The SMILES string of the molecule is CCS(=O)(=O)c1ccc(S(=O)(=O)Oc2ccc(F)c(Cl)c2)cc1. The van der Waals surface area contributed by atoms with Crippen molar-refractivity contribution in [3.63, 3.8) is 0 Å². The van der Waals surface area contributed by atoms with Crippen molar-refractivity contribution in [3.05, 3.63) is 53.3 Å². The first-order chi connectivity index (χ1) is 10.7. The first-order valence-electron chi connectivity index (χ1n) is 6.38. The van der Waals surface area contributed by atoms with Crippen LogP contribution in [0.25, 0.3) is 0 Å². The van der Waals surface area contributed by atoms with Crippen LogP contribution in [0, 0.1) is 5.82 Å². The largest absolute Gasteiger partial charge is 0.379 e. The first kappa shape index (κ1) is 17.7. The van der Waals surface area contributed by atoms with Crippen molar-refractivity contribution in [2.75, 3.05) is 5.75 Å². The second kappa shape index (κ2) is 6.46. The van der Waals surface area contributed by atoms with Gasteiger partial charge in [-0.25, -0.2) is 12.8 Å². The zero-order chi connectivity index (χ0) is 17.3. The van der Waals surface area contributed by atoms with Crippen LogP contribution in [0.4, 0.5) is 4.39 Å². The molecule has 0 fully saturated rings. The zero-order valence-corrected chi connectivity index (χ0v) is 14.3. The average molecular weight is 379 g/mol. The standard InChI is InChI=1S/C14H12ClFO5S2/c1-2-22(17,18)11-4-6-12(7-5-11)23(19,20)21-10-3-8-14(16)13(15)9-10/h3-9H,2H2,1H3. The second-order valence-electron chi connectivity index (χ2n) is 4.49. The quantitative estimate of drug-likeness (QED) is 0.747. The Morgan fingerprint density at radius 2 is 1.57 bits per heavy atom. The summed E-state index contributed by atoms with van der Waals surface area (Å²) in [7, 11) is -7.61. The van der Waals surface area contributed by atoms with Crippen molar-refractivity contribution < 1.29 is 25.4 Å². The van der Waals surface area contributed by atoms with Gasteiger partial charge in [0, 0.05) is 6.07 Å². The maximum Gasteiger partial charge on any atom is 0.339 e. The highest BCUT2D eigenvalue weighted by Crippen LogP contribution is 2.25. The smallest absolute Gasteiger partial charge is 0.339 e. The normalized spacial score (nSPS) is 12.1. The van der Waals surface area contributed by atoms with Gasteiger partial charge in [-0.3, -0.25) is 0 Å². The van der Waals surface area contributed by atoms with Gasteiger partial charge in [0.05, 0.1) is 15.7 Å². The van der Waals surface area contributed by atoms with E-state index in [1.165, 1.54) is 19.1 Å². The number of sulfone groups is 1. The molecule has 0 aliphatic heterocycles. The molecule has 0 aliphatic carbocycles. The minimum absolute atomic E-state index is 0.0174. The van der Waals surface area contributed by atoms with E-state index in [0.29, 0.717) is 0 Å². The van der Waals surface area contributed by atoms with Crippen LogP contribution in [0.1, 0.15) is 6.92 Å². The molecule has 23 heavy (non-hydrogen) atoms. The van der Waals surface area contributed by atoms with Crippen molar-refractivity contribution in [3.8, 4) is 5.75 Å². The van der Waals surface area contributed by atoms with E-state index in [9.17, 15) is 21.2 Å². The number of hydrogen-bond acceptors (Lipinski definition) is 5. The summed E-state index contributed by atoms with van der Waals surface area (Å²) in [5.41, 5.74) is 0. The predicted molar refractivity (Wildman–Crippen MR) is 83.4 cm³/mol. The summed E-state index contributed by atoms with van der Waals surface area (Å²) in [5, 5.41) is -0.276.